The van der Waals surface area contributed by atoms with Gasteiger partial charge in [0, 0.05) is 33.4 Å². The van der Waals surface area contributed by atoms with Crippen molar-refractivity contribution in [2.75, 3.05) is 21.3 Å². The standard InChI is InChI=1S/C33H78O6Si5/c1-31(2,3)40(13,14)37-44(38-41(15,16)32(4,5)6,39-42(17,18)33(7,8)9)30-28-26-24-22-20-19-21-23-25-27-29-43(34-10,35-11)36-12/h19-30H2,1-18H3. The van der Waals surface area contributed by atoms with Gasteiger partial charge in [0.1, 0.15) is 0 Å². The first-order valence-electron chi connectivity index (χ1n) is 17.5. The minimum Gasteiger partial charge on any atom is -0.416 e. The van der Waals surface area contributed by atoms with Crippen LogP contribution in [0.3, 0.4) is 0 Å². The van der Waals surface area contributed by atoms with Crippen LogP contribution >= 0.6 is 0 Å². The zero-order chi connectivity index (χ0) is 34.7. The summed E-state index contributed by atoms with van der Waals surface area (Å²) in [5, 5.41) is 0.295. The van der Waals surface area contributed by atoms with E-state index in [2.05, 4.69) is 102 Å². The Kier molecular flexibility index (Phi) is 18.4. The third kappa shape index (κ3) is 14.5. The summed E-state index contributed by atoms with van der Waals surface area (Å²) < 4.78 is 39.0. The van der Waals surface area contributed by atoms with Crippen molar-refractivity contribution in [1.29, 1.82) is 0 Å². The quantitative estimate of drug-likeness (QED) is 0.0823. The first-order chi connectivity index (χ1) is 19.8. The molecule has 0 amide bonds. The molecular formula is C33H78O6Si5. The third-order valence-corrected chi connectivity index (χ3v) is 35.3. The lowest BCUT2D eigenvalue weighted by atomic mass is 10.1. The van der Waals surface area contributed by atoms with E-state index in [1.807, 2.05) is 0 Å². The molecule has 0 saturated carbocycles. The van der Waals surface area contributed by atoms with Gasteiger partial charge in [0.15, 0.2) is 25.0 Å². The van der Waals surface area contributed by atoms with E-state index in [-0.39, 0.29) is 15.1 Å². The largest absolute Gasteiger partial charge is 0.500 e. The Bertz CT molecular complexity index is 718. The lowest BCUT2D eigenvalue weighted by Gasteiger charge is -2.52. The van der Waals surface area contributed by atoms with Gasteiger partial charge in [0.25, 0.3) is 0 Å². The van der Waals surface area contributed by atoms with Gasteiger partial charge < -0.3 is 25.6 Å². The number of rotatable bonds is 22. The molecule has 0 aliphatic heterocycles. The van der Waals surface area contributed by atoms with Crippen molar-refractivity contribution in [2.24, 2.45) is 0 Å². The molecule has 0 bridgehead atoms. The van der Waals surface area contributed by atoms with Gasteiger partial charge in [-0.15, -0.1) is 0 Å². The van der Waals surface area contributed by atoms with E-state index >= 15 is 0 Å². The van der Waals surface area contributed by atoms with Crippen molar-refractivity contribution >= 4 is 42.6 Å². The van der Waals surface area contributed by atoms with Crippen LogP contribution in [-0.2, 0) is 25.6 Å². The summed E-state index contributed by atoms with van der Waals surface area (Å²) in [5.74, 6) is 0. The second kappa shape index (κ2) is 18.0. The van der Waals surface area contributed by atoms with E-state index in [0.29, 0.717) is 0 Å². The predicted molar refractivity (Wildman–Crippen MR) is 203 cm³/mol. The SMILES string of the molecule is CO[Si](CCCCCCCCCCCC[Si](O[Si](C)(C)C(C)(C)C)(O[Si](C)(C)C(C)(C)C)O[Si](C)(C)C(C)(C)C)(OC)OC. The molecule has 0 aromatic rings. The molecule has 0 spiro atoms. The maximum atomic E-state index is 7.47. The van der Waals surface area contributed by atoms with Crippen LogP contribution < -0.4 is 0 Å². The van der Waals surface area contributed by atoms with Gasteiger partial charge in [-0.2, -0.15) is 0 Å². The Hall–Kier alpha value is 0.844. The van der Waals surface area contributed by atoms with Gasteiger partial charge >= 0.3 is 17.6 Å². The van der Waals surface area contributed by atoms with Crippen LogP contribution in [-0.4, -0.2) is 63.9 Å². The van der Waals surface area contributed by atoms with Gasteiger partial charge in [0.05, 0.1) is 0 Å². The van der Waals surface area contributed by atoms with Gasteiger partial charge in [-0.1, -0.05) is 114 Å². The Balaban J connectivity index is 5.38. The summed E-state index contributed by atoms with van der Waals surface area (Å²) in [6.45, 7) is 35.3. The highest BCUT2D eigenvalue weighted by Gasteiger charge is 2.57. The molecule has 0 rings (SSSR count). The summed E-state index contributed by atoms with van der Waals surface area (Å²) in [7, 11) is -6.71. The molecule has 0 aromatic carbocycles. The minimum atomic E-state index is -2.99. The Labute approximate surface area is 281 Å². The van der Waals surface area contributed by atoms with Gasteiger partial charge in [-0.05, 0) is 67.2 Å². The average Bonchev–Trinajstić information content (AvgIpc) is 2.84. The summed E-state index contributed by atoms with van der Waals surface area (Å²) >= 11 is 0. The predicted octanol–water partition coefficient (Wildman–Crippen LogP) is 11.8. The average molecular weight is 711 g/mol. The molecule has 44 heavy (non-hydrogen) atoms. The lowest BCUT2D eigenvalue weighted by Crippen LogP contribution is -2.65. The monoisotopic (exact) mass is 710 g/mol. The van der Waals surface area contributed by atoms with Crippen LogP contribution in [0.15, 0.2) is 0 Å². The maximum Gasteiger partial charge on any atom is 0.500 e. The minimum absolute atomic E-state index is 0.0984. The molecule has 0 aliphatic rings. The lowest BCUT2D eigenvalue weighted by molar-refractivity contribution is 0.122. The first kappa shape index (κ1) is 44.8. The highest BCUT2D eigenvalue weighted by molar-refractivity contribution is 6.92. The molecule has 11 heteroatoms. The fourth-order valence-corrected chi connectivity index (χ4v) is 22.8. The van der Waals surface area contributed by atoms with E-state index in [0.717, 1.165) is 24.9 Å². The van der Waals surface area contributed by atoms with Crippen molar-refractivity contribution in [3.8, 4) is 0 Å². The molecule has 0 N–H and O–H groups in total. The molecule has 0 atom stereocenters. The van der Waals surface area contributed by atoms with Crippen molar-refractivity contribution in [3.63, 3.8) is 0 Å². The summed E-state index contributed by atoms with van der Waals surface area (Å²) in [6.07, 6.45) is 12.4. The molecule has 0 saturated heterocycles. The fraction of sp³-hybridized carbons (Fsp3) is 1.00. The first-order valence-corrected chi connectivity index (χ1v) is 30.1. The molecule has 0 aromatic heterocycles. The zero-order valence-corrected chi connectivity index (χ0v) is 37.9. The Morgan fingerprint density at radius 1 is 0.341 bits per heavy atom. The van der Waals surface area contributed by atoms with Gasteiger partial charge in [-0.3, -0.25) is 0 Å². The molecule has 0 fully saturated rings. The van der Waals surface area contributed by atoms with Crippen LogP contribution in [0.5, 0.6) is 0 Å². The topological polar surface area (TPSA) is 55.4 Å². The third-order valence-electron chi connectivity index (χ3n) is 10.8. The normalized spacial score (nSPS) is 14.9. The zero-order valence-electron chi connectivity index (χ0n) is 32.9. The van der Waals surface area contributed by atoms with Crippen LogP contribution in [0.1, 0.15) is 127 Å². The highest BCUT2D eigenvalue weighted by Crippen LogP contribution is 2.47. The smallest absolute Gasteiger partial charge is 0.416 e. The van der Waals surface area contributed by atoms with Crippen LogP contribution in [0.4, 0.5) is 0 Å². The second-order valence-corrected chi connectivity index (χ2v) is 38.6. The molecule has 266 valence electrons. The van der Waals surface area contributed by atoms with Crippen molar-refractivity contribution in [2.45, 2.75) is 193 Å². The highest BCUT2D eigenvalue weighted by atomic mass is 28.5. The van der Waals surface area contributed by atoms with E-state index < -0.39 is 42.6 Å². The van der Waals surface area contributed by atoms with E-state index in [4.69, 9.17) is 25.6 Å². The summed E-state index contributed by atoms with van der Waals surface area (Å²) in [6, 6.07) is 1.84. The number of unbranched alkanes of at least 4 members (excludes halogenated alkanes) is 9. The molecule has 0 unspecified atom stereocenters. The van der Waals surface area contributed by atoms with Crippen LogP contribution in [0, 0.1) is 0 Å². The Morgan fingerprint density at radius 2 is 0.545 bits per heavy atom. The van der Waals surface area contributed by atoms with E-state index in [9.17, 15) is 0 Å². The van der Waals surface area contributed by atoms with Crippen molar-refractivity contribution in [3.05, 3.63) is 0 Å². The van der Waals surface area contributed by atoms with Gasteiger partial charge in [0.2, 0.25) is 0 Å². The molecule has 0 radical (unpaired) electrons. The molecule has 0 heterocycles. The van der Waals surface area contributed by atoms with E-state index in [1.165, 1.54) is 51.4 Å². The van der Waals surface area contributed by atoms with Crippen LogP contribution in [0.2, 0.25) is 66.5 Å². The molecule has 6 nitrogen and oxygen atoms in total. The van der Waals surface area contributed by atoms with Gasteiger partial charge in [-0.25, -0.2) is 0 Å². The Morgan fingerprint density at radius 3 is 0.750 bits per heavy atom. The number of hydrogen-bond acceptors (Lipinski definition) is 6. The van der Waals surface area contributed by atoms with Crippen molar-refractivity contribution in [1.82, 2.24) is 0 Å². The molecular weight excluding hydrogens is 633 g/mol. The van der Waals surface area contributed by atoms with Crippen LogP contribution in [0.25, 0.3) is 0 Å². The second-order valence-electron chi connectivity index (χ2n) is 17.6. The van der Waals surface area contributed by atoms with E-state index in [1.54, 1.807) is 21.3 Å². The summed E-state index contributed by atoms with van der Waals surface area (Å²) in [4.78, 5) is 0. The molecule has 0 aliphatic carbocycles. The number of hydrogen-bond donors (Lipinski definition) is 0. The maximum absolute atomic E-state index is 7.47. The summed E-state index contributed by atoms with van der Waals surface area (Å²) in [5.41, 5.74) is 0. The van der Waals surface area contributed by atoms with Crippen molar-refractivity contribution < 1.29 is 25.6 Å². The fourth-order valence-electron chi connectivity index (χ4n) is 4.49.